The molecule has 1 aliphatic carbocycles. The molecule has 0 spiro atoms. The summed E-state index contributed by atoms with van der Waals surface area (Å²) in [5.74, 6) is -2.96. The van der Waals surface area contributed by atoms with Crippen molar-refractivity contribution in [3.63, 3.8) is 0 Å². The summed E-state index contributed by atoms with van der Waals surface area (Å²) in [6.07, 6.45) is -0.827. The standard InChI is InChI=1S/C24H22N4O7/c1-28(19-12-33-10-18(19)23(30)31)22(29)20-21(27-35-26-20)25-24(32)34-11-17-15-8-4-2-6-13(15)14-7-3-5-9-16(14)17/h2-9,17-19H,10-12H2,1H3,(H,30,31)(H,25,27,32). The van der Waals surface area contributed by atoms with Crippen molar-refractivity contribution in [3.05, 3.63) is 65.4 Å². The van der Waals surface area contributed by atoms with E-state index in [-0.39, 0.29) is 37.3 Å². The molecule has 180 valence electrons. The Labute approximate surface area is 199 Å². The Hall–Kier alpha value is -4.25. The van der Waals surface area contributed by atoms with Gasteiger partial charge in [0.2, 0.25) is 11.5 Å². The zero-order valence-electron chi connectivity index (χ0n) is 18.7. The summed E-state index contributed by atoms with van der Waals surface area (Å²) >= 11 is 0. The van der Waals surface area contributed by atoms with Crippen molar-refractivity contribution in [2.24, 2.45) is 5.92 Å². The van der Waals surface area contributed by atoms with E-state index in [1.165, 1.54) is 11.9 Å². The van der Waals surface area contributed by atoms with Crippen LogP contribution in [-0.4, -0.2) is 71.2 Å². The maximum absolute atomic E-state index is 12.9. The van der Waals surface area contributed by atoms with Gasteiger partial charge in [0.15, 0.2) is 0 Å². The van der Waals surface area contributed by atoms with Crippen molar-refractivity contribution in [2.75, 3.05) is 32.2 Å². The zero-order chi connectivity index (χ0) is 24.5. The largest absolute Gasteiger partial charge is 0.481 e. The van der Waals surface area contributed by atoms with Crippen LogP contribution in [-0.2, 0) is 14.3 Å². The van der Waals surface area contributed by atoms with Crippen LogP contribution in [0, 0.1) is 5.92 Å². The fraction of sp³-hybridized carbons (Fsp3) is 0.292. The lowest BCUT2D eigenvalue weighted by molar-refractivity contribution is -0.142. The predicted molar refractivity (Wildman–Crippen MR) is 121 cm³/mol. The third-order valence-electron chi connectivity index (χ3n) is 6.44. The van der Waals surface area contributed by atoms with Gasteiger partial charge in [0.25, 0.3) is 5.91 Å². The number of hydrogen-bond acceptors (Lipinski definition) is 8. The number of ether oxygens (including phenoxy) is 2. The van der Waals surface area contributed by atoms with Gasteiger partial charge in [0.05, 0.1) is 19.3 Å². The number of carbonyl (C=O) groups is 3. The highest BCUT2D eigenvalue weighted by Gasteiger charge is 2.40. The average Bonchev–Trinajstić information content (AvgIpc) is 3.60. The van der Waals surface area contributed by atoms with E-state index in [0.29, 0.717) is 0 Å². The number of benzene rings is 2. The number of amides is 2. The lowest BCUT2D eigenvalue weighted by Crippen LogP contribution is -2.44. The number of likely N-dealkylation sites (N-methyl/N-ethyl adjacent to an activating group) is 1. The summed E-state index contributed by atoms with van der Waals surface area (Å²) in [5.41, 5.74) is 4.06. The number of carboxylic acid groups (broad SMARTS) is 1. The van der Waals surface area contributed by atoms with Gasteiger partial charge in [-0.2, -0.15) is 0 Å². The number of rotatable bonds is 6. The number of carbonyl (C=O) groups excluding carboxylic acids is 2. The highest BCUT2D eigenvalue weighted by Crippen LogP contribution is 2.44. The van der Waals surface area contributed by atoms with Crippen molar-refractivity contribution >= 4 is 23.8 Å². The van der Waals surface area contributed by atoms with Crippen LogP contribution in [0.5, 0.6) is 0 Å². The first-order chi connectivity index (χ1) is 17.0. The Morgan fingerprint density at radius 2 is 1.71 bits per heavy atom. The van der Waals surface area contributed by atoms with Gasteiger partial charge >= 0.3 is 12.1 Å². The fourth-order valence-electron chi connectivity index (χ4n) is 4.62. The van der Waals surface area contributed by atoms with Crippen molar-refractivity contribution in [3.8, 4) is 11.1 Å². The molecule has 2 N–H and O–H groups in total. The number of hydrogen-bond donors (Lipinski definition) is 2. The van der Waals surface area contributed by atoms with E-state index in [1.54, 1.807) is 0 Å². The van der Waals surface area contributed by atoms with Crippen LogP contribution in [0.25, 0.3) is 11.1 Å². The van der Waals surface area contributed by atoms with E-state index in [1.807, 2.05) is 48.5 Å². The second-order valence-corrected chi connectivity index (χ2v) is 8.38. The molecule has 1 aromatic heterocycles. The minimum Gasteiger partial charge on any atom is -0.481 e. The summed E-state index contributed by atoms with van der Waals surface area (Å²) in [6.45, 7) is 0.146. The van der Waals surface area contributed by atoms with E-state index in [4.69, 9.17) is 9.47 Å². The Morgan fingerprint density at radius 1 is 1.06 bits per heavy atom. The molecule has 2 amide bonds. The van der Waals surface area contributed by atoms with Crippen molar-refractivity contribution in [2.45, 2.75) is 12.0 Å². The predicted octanol–water partition coefficient (Wildman–Crippen LogP) is 2.60. The van der Waals surface area contributed by atoms with E-state index in [9.17, 15) is 19.5 Å². The molecule has 5 rings (SSSR count). The van der Waals surface area contributed by atoms with Gasteiger partial charge in [-0.3, -0.25) is 14.9 Å². The van der Waals surface area contributed by atoms with Crippen LogP contribution in [0.15, 0.2) is 53.2 Å². The quantitative estimate of drug-likeness (QED) is 0.546. The molecule has 11 nitrogen and oxygen atoms in total. The number of fused-ring (bicyclic) bond motifs is 3. The van der Waals surface area contributed by atoms with Crippen molar-refractivity contribution < 1.29 is 33.6 Å². The third-order valence-corrected chi connectivity index (χ3v) is 6.44. The maximum atomic E-state index is 12.9. The van der Waals surface area contributed by atoms with Crippen molar-refractivity contribution in [1.29, 1.82) is 0 Å². The molecule has 0 saturated carbocycles. The monoisotopic (exact) mass is 478 g/mol. The van der Waals surface area contributed by atoms with Gasteiger partial charge in [-0.25, -0.2) is 9.42 Å². The van der Waals surface area contributed by atoms with Gasteiger partial charge in [0.1, 0.15) is 12.5 Å². The van der Waals surface area contributed by atoms with E-state index in [0.717, 1.165) is 22.3 Å². The summed E-state index contributed by atoms with van der Waals surface area (Å²) in [6, 6.07) is 15.2. The van der Waals surface area contributed by atoms with Crippen LogP contribution < -0.4 is 5.32 Å². The lowest BCUT2D eigenvalue weighted by atomic mass is 9.98. The normalized spacial score (nSPS) is 18.5. The lowest BCUT2D eigenvalue weighted by Gasteiger charge is -2.25. The van der Waals surface area contributed by atoms with Crippen LogP contribution in [0.4, 0.5) is 10.6 Å². The molecule has 0 radical (unpaired) electrons. The molecule has 1 saturated heterocycles. The molecule has 1 fully saturated rings. The molecule has 3 aromatic rings. The minimum absolute atomic E-state index is 0.000454. The SMILES string of the molecule is CN(C(=O)c1nonc1NC(=O)OCC1c2ccccc2-c2ccccc21)C1COCC1C(=O)O. The fourth-order valence-corrected chi connectivity index (χ4v) is 4.62. The second-order valence-electron chi connectivity index (χ2n) is 8.38. The third kappa shape index (κ3) is 4.10. The van der Waals surface area contributed by atoms with E-state index < -0.39 is 29.9 Å². The second kappa shape index (κ2) is 9.18. The summed E-state index contributed by atoms with van der Waals surface area (Å²) in [7, 11) is 1.43. The Bertz CT molecular complexity index is 1240. The maximum Gasteiger partial charge on any atom is 0.412 e. The molecule has 1 aliphatic heterocycles. The number of carboxylic acids is 1. The molecular weight excluding hydrogens is 456 g/mol. The zero-order valence-corrected chi connectivity index (χ0v) is 18.7. The highest BCUT2D eigenvalue weighted by atomic mass is 16.6. The Balaban J connectivity index is 1.26. The van der Waals surface area contributed by atoms with Gasteiger partial charge in [-0.1, -0.05) is 48.5 Å². The van der Waals surface area contributed by atoms with Gasteiger partial charge < -0.3 is 19.5 Å². The number of nitrogens with one attached hydrogen (secondary N) is 1. The van der Waals surface area contributed by atoms with E-state index >= 15 is 0 Å². The first-order valence-corrected chi connectivity index (χ1v) is 11.0. The van der Waals surface area contributed by atoms with Crippen LogP contribution in [0.2, 0.25) is 0 Å². The van der Waals surface area contributed by atoms with Gasteiger partial charge in [-0.05, 0) is 32.6 Å². The number of aliphatic carboxylic acids is 1. The van der Waals surface area contributed by atoms with Gasteiger partial charge in [-0.15, -0.1) is 0 Å². The molecule has 35 heavy (non-hydrogen) atoms. The average molecular weight is 478 g/mol. The Morgan fingerprint density at radius 3 is 2.37 bits per heavy atom. The van der Waals surface area contributed by atoms with E-state index in [2.05, 4.69) is 20.3 Å². The smallest absolute Gasteiger partial charge is 0.412 e. The molecule has 0 bridgehead atoms. The first-order valence-electron chi connectivity index (χ1n) is 11.0. The molecule has 11 heteroatoms. The number of aromatic nitrogens is 2. The first kappa shape index (κ1) is 22.5. The Kier molecular flexibility index (Phi) is 5.91. The van der Waals surface area contributed by atoms with Gasteiger partial charge in [0, 0.05) is 13.0 Å². The summed E-state index contributed by atoms with van der Waals surface area (Å²) in [4.78, 5) is 38.1. The number of nitrogens with zero attached hydrogens (tertiary/aromatic N) is 3. The summed E-state index contributed by atoms with van der Waals surface area (Å²) in [5, 5.41) is 18.9. The summed E-state index contributed by atoms with van der Waals surface area (Å²) < 4.78 is 15.4. The minimum atomic E-state index is -1.07. The van der Waals surface area contributed by atoms with Crippen molar-refractivity contribution in [1.82, 2.24) is 15.2 Å². The molecule has 2 unspecified atom stereocenters. The highest BCUT2D eigenvalue weighted by molar-refractivity contribution is 5.99. The van der Waals surface area contributed by atoms with Crippen LogP contribution in [0.3, 0.4) is 0 Å². The molecular formula is C24H22N4O7. The molecule has 2 aromatic carbocycles. The topological polar surface area (TPSA) is 144 Å². The molecule has 2 heterocycles. The molecule has 2 aliphatic rings. The van der Waals surface area contributed by atoms with Crippen LogP contribution in [0.1, 0.15) is 27.5 Å². The number of anilines is 1. The molecule has 2 atom stereocenters. The van der Waals surface area contributed by atoms with Crippen LogP contribution >= 0.6 is 0 Å².